The van der Waals surface area contributed by atoms with Crippen LogP contribution >= 0.6 is 11.3 Å². The Hall–Kier alpha value is -2.93. The maximum Gasteiger partial charge on any atom is 0.268 e. The molecule has 3 heterocycles. The van der Waals surface area contributed by atoms with Gasteiger partial charge in [0.05, 0.1) is 15.9 Å². The summed E-state index contributed by atoms with van der Waals surface area (Å²) < 4.78 is 2.21. The van der Waals surface area contributed by atoms with Gasteiger partial charge in [0.1, 0.15) is 0 Å². The zero-order valence-electron chi connectivity index (χ0n) is 18.7. The Morgan fingerprint density at radius 1 is 1.21 bits per heavy atom. The Bertz CT molecular complexity index is 1240. The van der Waals surface area contributed by atoms with Gasteiger partial charge in [-0.2, -0.15) is 0 Å². The van der Waals surface area contributed by atoms with Crippen molar-refractivity contribution in [3.63, 3.8) is 0 Å². The number of hydrogen-bond acceptors (Lipinski definition) is 4. The van der Waals surface area contributed by atoms with Crippen molar-refractivity contribution in [3.05, 3.63) is 58.3 Å². The Kier molecular flexibility index (Phi) is 4.91. The van der Waals surface area contributed by atoms with Crippen molar-refractivity contribution in [1.29, 1.82) is 0 Å². The van der Waals surface area contributed by atoms with Crippen molar-refractivity contribution < 1.29 is 9.59 Å². The third kappa shape index (κ3) is 3.50. The van der Waals surface area contributed by atoms with E-state index in [0.29, 0.717) is 5.95 Å². The molecular formula is C26H28N4O2S. The summed E-state index contributed by atoms with van der Waals surface area (Å²) in [5.41, 5.74) is 3.46. The van der Waals surface area contributed by atoms with Crippen LogP contribution in [0.2, 0.25) is 0 Å². The highest BCUT2D eigenvalue weighted by Crippen LogP contribution is 2.55. The van der Waals surface area contributed by atoms with Gasteiger partial charge in [-0.05, 0) is 80.2 Å². The number of nitrogens with zero attached hydrogens (tertiary/aromatic N) is 3. The third-order valence-electron chi connectivity index (χ3n) is 7.67. The van der Waals surface area contributed by atoms with Crippen molar-refractivity contribution >= 4 is 40.1 Å². The Balaban J connectivity index is 1.26. The normalized spacial score (nSPS) is 24.0. The van der Waals surface area contributed by atoms with Crippen LogP contribution in [0.3, 0.4) is 0 Å². The van der Waals surface area contributed by atoms with E-state index in [9.17, 15) is 9.59 Å². The summed E-state index contributed by atoms with van der Waals surface area (Å²) in [6, 6.07) is 10.4. The Morgan fingerprint density at radius 3 is 2.85 bits per heavy atom. The van der Waals surface area contributed by atoms with Crippen molar-refractivity contribution in [2.45, 2.75) is 51.0 Å². The number of hydrogen-bond donors (Lipinski definition) is 1. The topological polar surface area (TPSA) is 67.2 Å². The fourth-order valence-electron chi connectivity index (χ4n) is 5.98. The number of imidazole rings is 1. The SMILES string of the molecule is C=CC(=O)N1CCC2(CC(n3c(NC(=O)c4cc5c(s4)CCCC5)nc4ccccc43)C2)C1. The molecule has 6 rings (SSSR count). The van der Waals surface area contributed by atoms with Crippen molar-refractivity contribution in [2.24, 2.45) is 5.41 Å². The standard InChI is InChI=1S/C26H28N4O2S/c1-2-23(31)29-12-11-26(16-29)14-18(15-26)30-20-9-5-4-8-19(20)27-25(30)28-24(32)22-13-17-7-3-6-10-21(17)33-22/h2,4-5,8-9,13,18H,1,3,6-7,10-12,14-16H2,(H,27,28,32). The smallest absolute Gasteiger partial charge is 0.268 e. The van der Waals surface area contributed by atoms with Crippen LogP contribution in [0.15, 0.2) is 43.0 Å². The molecule has 170 valence electrons. The van der Waals surface area contributed by atoms with E-state index in [1.807, 2.05) is 23.1 Å². The van der Waals surface area contributed by atoms with Gasteiger partial charge in [0, 0.05) is 24.0 Å². The largest absolute Gasteiger partial charge is 0.339 e. The quantitative estimate of drug-likeness (QED) is 0.559. The summed E-state index contributed by atoms with van der Waals surface area (Å²) in [5, 5.41) is 3.14. The average molecular weight is 461 g/mol. The molecule has 0 radical (unpaired) electrons. The number of carbonyl (C=O) groups is 2. The monoisotopic (exact) mass is 460 g/mol. The fourth-order valence-corrected chi connectivity index (χ4v) is 7.12. The van der Waals surface area contributed by atoms with E-state index >= 15 is 0 Å². The lowest BCUT2D eigenvalue weighted by Crippen LogP contribution is -2.42. The van der Waals surface area contributed by atoms with Crippen LogP contribution in [0.25, 0.3) is 11.0 Å². The lowest BCUT2D eigenvalue weighted by atomic mass is 9.65. The summed E-state index contributed by atoms with van der Waals surface area (Å²) in [5.74, 6) is 0.586. The van der Waals surface area contributed by atoms with Crippen LogP contribution in [-0.2, 0) is 17.6 Å². The molecule has 6 nitrogen and oxygen atoms in total. The van der Waals surface area contributed by atoms with Gasteiger partial charge in [0.2, 0.25) is 11.9 Å². The first-order valence-corrected chi connectivity index (χ1v) is 12.7. The van der Waals surface area contributed by atoms with Gasteiger partial charge in [0.15, 0.2) is 0 Å². The molecule has 1 spiro atoms. The predicted molar refractivity (Wildman–Crippen MR) is 131 cm³/mol. The van der Waals surface area contributed by atoms with Gasteiger partial charge in [-0.15, -0.1) is 11.3 Å². The zero-order chi connectivity index (χ0) is 22.6. The fraction of sp³-hybridized carbons (Fsp3) is 0.423. The number of anilines is 1. The average Bonchev–Trinajstić information content (AvgIpc) is 3.52. The minimum Gasteiger partial charge on any atom is -0.339 e. The molecule has 3 aromatic rings. The summed E-state index contributed by atoms with van der Waals surface area (Å²) in [4.78, 5) is 34.1. The maximum absolute atomic E-state index is 13.2. The van der Waals surface area contributed by atoms with E-state index in [2.05, 4.69) is 28.6 Å². The number of amides is 2. The molecule has 0 unspecified atom stereocenters. The number of carbonyl (C=O) groups excluding carboxylic acids is 2. The molecule has 2 fully saturated rings. The first kappa shape index (κ1) is 20.7. The van der Waals surface area contributed by atoms with E-state index in [1.165, 1.54) is 29.4 Å². The van der Waals surface area contributed by atoms with Gasteiger partial charge >= 0.3 is 0 Å². The molecule has 1 aliphatic heterocycles. The molecule has 1 saturated heterocycles. The van der Waals surface area contributed by atoms with Gasteiger partial charge < -0.3 is 9.47 Å². The van der Waals surface area contributed by atoms with Gasteiger partial charge in [-0.1, -0.05) is 18.7 Å². The maximum atomic E-state index is 13.2. The molecule has 7 heteroatoms. The molecule has 33 heavy (non-hydrogen) atoms. The number of thiophene rings is 1. The number of rotatable bonds is 4. The summed E-state index contributed by atoms with van der Waals surface area (Å²) in [7, 11) is 0. The van der Waals surface area contributed by atoms with Crippen molar-refractivity contribution in [2.75, 3.05) is 18.4 Å². The first-order chi connectivity index (χ1) is 16.0. The second-order valence-corrected chi connectivity index (χ2v) is 10.9. The number of benzene rings is 1. The number of aromatic nitrogens is 2. The van der Waals surface area contributed by atoms with Crippen LogP contribution in [-0.4, -0.2) is 39.4 Å². The van der Waals surface area contributed by atoms with Crippen molar-refractivity contribution in [1.82, 2.24) is 14.5 Å². The summed E-state index contributed by atoms with van der Waals surface area (Å²) in [6.07, 6.45) is 9.00. The minimum atomic E-state index is -0.0661. The Morgan fingerprint density at radius 2 is 2.03 bits per heavy atom. The highest BCUT2D eigenvalue weighted by atomic mass is 32.1. The van der Waals surface area contributed by atoms with Crippen LogP contribution in [0.1, 0.15) is 58.3 Å². The molecule has 3 aliphatic rings. The number of para-hydroxylation sites is 2. The predicted octanol–water partition coefficient (Wildman–Crippen LogP) is 4.97. The molecule has 0 bridgehead atoms. The van der Waals surface area contributed by atoms with E-state index in [1.54, 1.807) is 11.3 Å². The van der Waals surface area contributed by atoms with E-state index in [-0.39, 0.29) is 23.3 Å². The van der Waals surface area contributed by atoms with Crippen molar-refractivity contribution in [3.8, 4) is 0 Å². The lowest BCUT2D eigenvalue weighted by molar-refractivity contribution is -0.125. The number of aryl methyl sites for hydroxylation is 2. The van der Waals surface area contributed by atoms with Crippen LogP contribution in [0.4, 0.5) is 5.95 Å². The second kappa shape index (κ2) is 7.83. The number of likely N-dealkylation sites (tertiary alicyclic amines) is 1. The summed E-state index contributed by atoms with van der Waals surface area (Å²) >= 11 is 1.63. The minimum absolute atomic E-state index is 0.0232. The number of fused-ring (bicyclic) bond motifs is 2. The summed E-state index contributed by atoms with van der Waals surface area (Å²) in [6.45, 7) is 5.22. The zero-order valence-corrected chi connectivity index (χ0v) is 19.5. The van der Waals surface area contributed by atoms with Gasteiger partial charge in [0.25, 0.3) is 5.91 Å². The van der Waals surface area contributed by atoms with E-state index in [0.717, 1.165) is 61.1 Å². The van der Waals surface area contributed by atoms with Gasteiger partial charge in [-0.25, -0.2) is 4.98 Å². The molecule has 0 atom stereocenters. The molecule has 1 saturated carbocycles. The Labute approximate surface area is 197 Å². The highest BCUT2D eigenvalue weighted by Gasteiger charge is 2.50. The van der Waals surface area contributed by atoms with Crippen LogP contribution in [0.5, 0.6) is 0 Å². The molecule has 2 amide bonds. The first-order valence-electron chi connectivity index (χ1n) is 11.9. The van der Waals surface area contributed by atoms with Gasteiger partial charge in [-0.3, -0.25) is 14.9 Å². The second-order valence-electron chi connectivity index (χ2n) is 9.79. The lowest BCUT2D eigenvalue weighted by Gasteiger charge is -2.46. The van der Waals surface area contributed by atoms with Crippen LogP contribution < -0.4 is 5.32 Å². The molecule has 1 N–H and O–H groups in total. The molecule has 1 aromatic carbocycles. The molecule has 2 aliphatic carbocycles. The third-order valence-corrected chi connectivity index (χ3v) is 8.90. The number of nitrogens with one attached hydrogen (secondary N) is 1. The molecular weight excluding hydrogens is 432 g/mol. The van der Waals surface area contributed by atoms with E-state index < -0.39 is 0 Å². The van der Waals surface area contributed by atoms with Crippen LogP contribution in [0, 0.1) is 5.41 Å². The highest BCUT2D eigenvalue weighted by molar-refractivity contribution is 7.14. The van der Waals surface area contributed by atoms with E-state index in [4.69, 9.17) is 4.98 Å². The molecule has 2 aromatic heterocycles.